The molecular weight excluding hydrogens is 363 g/mol. The molecule has 1 N–H and O–H groups in total. The highest BCUT2D eigenvalue weighted by molar-refractivity contribution is 7.92. The number of benzene rings is 1. The van der Waals surface area contributed by atoms with E-state index in [-0.39, 0.29) is 17.3 Å². The van der Waals surface area contributed by atoms with Gasteiger partial charge in [0.1, 0.15) is 6.54 Å². The molecule has 0 aliphatic rings. The molecule has 0 atom stereocenters. The second-order valence-electron chi connectivity index (χ2n) is 4.77. The van der Waals surface area contributed by atoms with Gasteiger partial charge in [-0.3, -0.25) is 9.10 Å². The molecule has 130 valence electrons. The summed E-state index contributed by atoms with van der Waals surface area (Å²) in [5.41, 5.74) is 0.211. The summed E-state index contributed by atoms with van der Waals surface area (Å²) < 4.78 is 30.0. The highest BCUT2D eigenvalue weighted by atomic mass is 35.5. The Bertz CT molecular complexity index is 638. The maximum Gasteiger partial charge on any atom is 0.240 e. The molecule has 1 aromatic carbocycles. The number of carbonyl (C=O) groups excluding carboxylic acids is 1. The molecule has 0 heterocycles. The summed E-state index contributed by atoms with van der Waals surface area (Å²) >= 11 is 11.8. The Balaban J connectivity index is 2.75. The van der Waals surface area contributed by atoms with Crippen LogP contribution < -0.4 is 9.62 Å². The molecule has 0 aliphatic carbocycles. The van der Waals surface area contributed by atoms with Gasteiger partial charge in [-0.2, -0.15) is 0 Å². The molecule has 9 heteroatoms. The van der Waals surface area contributed by atoms with Gasteiger partial charge >= 0.3 is 0 Å². The van der Waals surface area contributed by atoms with Gasteiger partial charge in [-0.05, 0) is 31.5 Å². The first-order chi connectivity index (χ1) is 10.8. The number of halogens is 2. The predicted octanol–water partition coefficient (Wildman–Crippen LogP) is 2.30. The molecule has 0 radical (unpaired) electrons. The molecule has 23 heavy (non-hydrogen) atoms. The van der Waals surface area contributed by atoms with Crippen LogP contribution in [0.15, 0.2) is 18.2 Å². The Hall–Kier alpha value is -1.02. The molecule has 0 aromatic heterocycles. The zero-order valence-corrected chi connectivity index (χ0v) is 15.3. The largest absolute Gasteiger partial charge is 0.382 e. The lowest BCUT2D eigenvalue weighted by atomic mass is 10.3. The summed E-state index contributed by atoms with van der Waals surface area (Å²) in [6.45, 7) is 3.10. The molecule has 1 aromatic rings. The van der Waals surface area contributed by atoms with Crippen LogP contribution in [0, 0.1) is 0 Å². The number of amides is 1. The van der Waals surface area contributed by atoms with Gasteiger partial charge in [-0.15, -0.1) is 0 Å². The second kappa shape index (κ2) is 9.32. The topological polar surface area (TPSA) is 75.7 Å². The molecule has 0 aliphatic heterocycles. The van der Waals surface area contributed by atoms with E-state index in [0.29, 0.717) is 31.2 Å². The Morgan fingerprint density at radius 2 is 2.04 bits per heavy atom. The smallest absolute Gasteiger partial charge is 0.240 e. The van der Waals surface area contributed by atoms with Crippen molar-refractivity contribution in [2.45, 2.75) is 13.3 Å². The molecule has 0 fully saturated rings. The summed E-state index contributed by atoms with van der Waals surface area (Å²) in [6, 6.07) is 4.41. The first-order valence-electron chi connectivity index (χ1n) is 7.03. The summed E-state index contributed by atoms with van der Waals surface area (Å²) in [6.07, 6.45) is 1.67. The van der Waals surface area contributed by atoms with E-state index in [4.69, 9.17) is 27.9 Å². The van der Waals surface area contributed by atoms with Crippen molar-refractivity contribution in [1.29, 1.82) is 0 Å². The molecule has 0 bridgehead atoms. The van der Waals surface area contributed by atoms with E-state index in [1.807, 2.05) is 6.92 Å². The van der Waals surface area contributed by atoms with Gasteiger partial charge in [0.05, 0.1) is 17.0 Å². The predicted molar refractivity (Wildman–Crippen MR) is 92.8 cm³/mol. The summed E-state index contributed by atoms with van der Waals surface area (Å²) in [4.78, 5) is 12.0. The quantitative estimate of drug-likeness (QED) is 0.664. The number of hydrogen-bond donors (Lipinski definition) is 1. The minimum absolute atomic E-state index is 0.159. The summed E-state index contributed by atoms with van der Waals surface area (Å²) in [7, 11) is -3.67. The Morgan fingerprint density at radius 1 is 1.35 bits per heavy atom. The minimum Gasteiger partial charge on any atom is -0.382 e. The molecule has 0 unspecified atom stereocenters. The normalized spacial score (nSPS) is 11.3. The Kier molecular flexibility index (Phi) is 8.11. The van der Waals surface area contributed by atoms with Crippen LogP contribution in [0.2, 0.25) is 10.0 Å². The molecule has 0 saturated carbocycles. The number of nitrogens with one attached hydrogen (secondary N) is 1. The van der Waals surface area contributed by atoms with Crippen LogP contribution in [-0.2, 0) is 19.6 Å². The van der Waals surface area contributed by atoms with Gasteiger partial charge in [-0.1, -0.05) is 23.2 Å². The number of nitrogens with zero attached hydrogens (tertiary/aromatic N) is 1. The van der Waals surface area contributed by atoms with E-state index < -0.39 is 15.9 Å². The maximum atomic E-state index is 12.0. The number of rotatable bonds is 9. The number of sulfonamides is 1. The van der Waals surface area contributed by atoms with Crippen LogP contribution >= 0.6 is 23.2 Å². The maximum absolute atomic E-state index is 12.0. The molecule has 6 nitrogen and oxygen atoms in total. The van der Waals surface area contributed by atoms with E-state index in [9.17, 15) is 13.2 Å². The molecule has 0 saturated heterocycles. The lowest BCUT2D eigenvalue weighted by Crippen LogP contribution is -2.40. The van der Waals surface area contributed by atoms with Crippen LogP contribution in [0.4, 0.5) is 5.69 Å². The average molecular weight is 383 g/mol. The fourth-order valence-corrected chi connectivity index (χ4v) is 3.23. The molecule has 0 spiro atoms. The van der Waals surface area contributed by atoms with E-state index in [1.54, 1.807) is 0 Å². The highest BCUT2D eigenvalue weighted by Crippen LogP contribution is 2.30. The Labute approximate surface area is 146 Å². The van der Waals surface area contributed by atoms with Crippen molar-refractivity contribution < 1.29 is 17.9 Å². The lowest BCUT2D eigenvalue weighted by Gasteiger charge is -2.23. The van der Waals surface area contributed by atoms with Crippen molar-refractivity contribution in [2.75, 3.05) is 36.9 Å². The fourth-order valence-electron chi connectivity index (χ4n) is 1.80. The monoisotopic (exact) mass is 382 g/mol. The molecular formula is C14H20Cl2N2O4S. The standard InChI is InChI=1S/C14H20Cl2N2O4S/c1-3-22-8-4-7-17-14(19)10-18(23(2,20)21)13-6-5-11(15)9-12(13)16/h5-6,9H,3-4,7-8,10H2,1-2H3,(H,17,19). The van der Waals surface area contributed by atoms with Crippen LogP contribution in [0.1, 0.15) is 13.3 Å². The van der Waals surface area contributed by atoms with Gasteiger partial charge in [0.25, 0.3) is 0 Å². The van der Waals surface area contributed by atoms with Crippen molar-refractivity contribution >= 4 is 44.8 Å². The van der Waals surface area contributed by atoms with E-state index in [0.717, 1.165) is 10.6 Å². The first-order valence-corrected chi connectivity index (χ1v) is 9.63. The highest BCUT2D eigenvalue weighted by Gasteiger charge is 2.22. The van der Waals surface area contributed by atoms with Gasteiger partial charge in [-0.25, -0.2) is 8.42 Å². The molecule has 1 rings (SSSR count). The van der Waals surface area contributed by atoms with E-state index in [2.05, 4.69) is 5.32 Å². The Morgan fingerprint density at radius 3 is 2.61 bits per heavy atom. The van der Waals surface area contributed by atoms with Gasteiger partial charge < -0.3 is 10.1 Å². The van der Waals surface area contributed by atoms with E-state index >= 15 is 0 Å². The zero-order valence-electron chi connectivity index (χ0n) is 13.0. The fraction of sp³-hybridized carbons (Fsp3) is 0.500. The lowest BCUT2D eigenvalue weighted by molar-refractivity contribution is -0.119. The van der Waals surface area contributed by atoms with E-state index in [1.165, 1.54) is 18.2 Å². The summed E-state index contributed by atoms with van der Waals surface area (Å²) in [5, 5.41) is 3.19. The second-order valence-corrected chi connectivity index (χ2v) is 7.52. The summed E-state index contributed by atoms with van der Waals surface area (Å²) in [5.74, 6) is -0.419. The number of hydrogen-bond acceptors (Lipinski definition) is 4. The van der Waals surface area contributed by atoms with Crippen LogP contribution in [0.3, 0.4) is 0 Å². The minimum atomic E-state index is -3.67. The van der Waals surface area contributed by atoms with Gasteiger partial charge in [0.15, 0.2) is 0 Å². The van der Waals surface area contributed by atoms with Crippen LogP contribution in [0.5, 0.6) is 0 Å². The SMILES string of the molecule is CCOCCCNC(=O)CN(c1ccc(Cl)cc1Cl)S(C)(=O)=O. The van der Waals surface area contributed by atoms with Crippen molar-refractivity contribution in [2.24, 2.45) is 0 Å². The third-order valence-corrected chi connectivity index (χ3v) is 4.52. The van der Waals surface area contributed by atoms with Crippen LogP contribution in [-0.4, -0.2) is 46.9 Å². The first kappa shape index (κ1) is 20.0. The van der Waals surface area contributed by atoms with Crippen LogP contribution in [0.25, 0.3) is 0 Å². The number of carbonyl (C=O) groups is 1. The average Bonchev–Trinajstić information content (AvgIpc) is 2.44. The third-order valence-electron chi connectivity index (χ3n) is 2.86. The van der Waals surface area contributed by atoms with Gasteiger partial charge in [0.2, 0.25) is 15.9 Å². The van der Waals surface area contributed by atoms with Crippen molar-refractivity contribution in [3.05, 3.63) is 28.2 Å². The molecule has 1 amide bonds. The van der Waals surface area contributed by atoms with Gasteiger partial charge in [0, 0.05) is 24.8 Å². The number of anilines is 1. The van der Waals surface area contributed by atoms with Crippen molar-refractivity contribution in [1.82, 2.24) is 5.32 Å². The van der Waals surface area contributed by atoms with Crippen molar-refractivity contribution in [3.8, 4) is 0 Å². The van der Waals surface area contributed by atoms with Crippen molar-refractivity contribution in [3.63, 3.8) is 0 Å². The zero-order chi connectivity index (χ0) is 17.5. The third kappa shape index (κ3) is 6.95. The number of ether oxygens (including phenoxy) is 1.